The molecule has 0 unspecified atom stereocenters. The van der Waals surface area contributed by atoms with Gasteiger partial charge in [0.15, 0.2) is 5.82 Å². The first-order valence-electron chi connectivity index (χ1n) is 5.13. The van der Waals surface area contributed by atoms with Crippen molar-refractivity contribution in [3.8, 4) is 10.7 Å². The van der Waals surface area contributed by atoms with Gasteiger partial charge in [0.25, 0.3) is 15.2 Å². The van der Waals surface area contributed by atoms with E-state index in [9.17, 15) is 8.42 Å². The second-order valence-corrected chi connectivity index (χ2v) is 6.82. The monoisotopic (exact) mass is 366 g/mol. The minimum Gasteiger partial charge on any atom is -0.383 e. The number of thiophene rings is 1. The highest BCUT2D eigenvalue weighted by atomic mass is 79.9. The number of ether oxygens (including phenoxy) is 1. The summed E-state index contributed by atoms with van der Waals surface area (Å²) in [6.07, 6.45) is 0. The van der Waals surface area contributed by atoms with E-state index >= 15 is 0 Å². The van der Waals surface area contributed by atoms with Gasteiger partial charge < -0.3 is 4.74 Å². The standard InChI is InChI=1S/C9H11BrN4O3S2/c1-17-4-3-14-8(7-6(10)2-5-18-7)12-13-9(14)19(11,15)16/h2,5H,3-4H2,1H3,(H2,11,15,16). The summed E-state index contributed by atoms with van der Waals surface area (Å²) in [6.45, 7) is 0.630. The molecule has 2 rings (SSSR count). The SMILES string of the molecule is COCCn1c(-c2sccc2Br)nnc1S(N)(=O)=O. The van der Waals surface area contributed by atoms with Crippen LogP contribution in [0.5, 0.6) is 0 Å². The van der Waals surface area contributed by atoms with Crippen molar-refractivity contribution in [3.05, 3.63) is 15.9 Å². The fourth-order valence-electron chi connectivity index (χ4n) is 1.50. The number of hydrogen-bond acceptors (Lipinski definition) is 6. The maximum atomic E-state index is 11.5. The van der Waals surface area contributed by atoms with E-state index in [1.807, 2.05) is 11.4 Å². The van der Waals surface area contributed by atoms with Crippen molar-refractivity contribution in [1.82, 2.24) is 14.8 Å². The largest absolute Gasteiger partial charge is 0.383 e. The summed E-state index contributed by atoms with van der Waals surface area (Å²) in [7, 11) is -2.39. The Balaban J connectivity index is 2.56. The van der Waals surface area contributed by atoms with Crippen molar-refractivity contribution in [2.24, 2.45) is 5.14 Å². The lowest BCUT2D eigenvalue weighted by molar-refractivity contribution is 0.185. The van der Waals surface area contributed by atoms with Crippen LogP contribution < -0.4 is 5.14 Å². The number of rotatable bonds is 5. The maximum absolute atomic E-state index is 11.5. The molecular formula is C9H11BrN4O3S2. The highest BCUT2D eigenvalue weighted by Crippen LogP contribution is 2.33. The molecule has 2 aromatic rings. The Labute approximate surface area is 122 Å². The van der Waals surface area contributed by atoms with Crippen molar-refractivity contribution >= 4 is 37.3 Å². The first-order chi connectivity index (χ1) is 8.95. The highest BCUT2D eigenvalue weighted by molar-refractivity contribution is 9.10. The van der Waals surface area contributed by atoms with E-state index in [1.165, 1.54) is 23.0 Å². The molecule has 0 amide bonds. The molecule has 0 fully saturated rings. The van der Waals surface area contributed by atoms with E-state index in [4.69, 9.17) is 9.88 Å². The zero-order valence-corrected chi connectivity index (χ0v) is 13.1. The van der Waals surface area contributed by atoms with Gasteiger partial charge in [-0.3, -0.25) is 4.57 Å². The molecule has 0 spiro atoms. The topological polar surface area (TPSA) is 100 Å². The number of aromatic nitrogens is 3. The van der Waals surface area contributed by atoms with Crippen LogP contribution in [0, 0.1) is 0 Å². The van der Waals surface area contributed by atoms with Gasteiger partial charge in [-0.1, -0.05) is 0 Å². The molecule has 0 aliphatic carbocycles. The van der Waals surface area contributed by atoms with Crippen LogP contribution in [0.4, 0.5) is 0 Å². The fourth-order valence-corrected chi connectivity index (χ4v) is 3.69. The average Bonchev–Trinajstić information content (AvgIpc) is 2.90. The minimum atomic E-state index is -3.92. The van der Waals surface area contributed by atoms with Gasteiger partial charge in [0.1, 0.15) is 0 Å². The molecule has 0 aliphatic heterocycles. The quantitative estimate of drug-likeness (QED) is 0.852. The zero-order chi connectivity index (χ0) is 14.0. The van der Waals surface area contributed by atoms with Crippen molar-refractivity contribution in [1.29, 1.82) is 0 Å². The molecule has 19 heavy (non-hydrogen) atoms. The summed E-state index contributed by atoms with van der Waals surface area (Å²) in [5.41, 5.74) is 0. The molecule has 0 atom stereocenters. The van der Waals surface area contributed by atoms with Crippen LogP contribution in [-0.4, -0.2) is 36.9 Å². The highest BCUT2D eigenvalue weighted by Gasteiger charge is 2.23. The van der Waals surface area contributed by atoms with Crippen LogP contribution in [-0.2, 0) is 21.3 Å². The minimum absolute atomic E-state index is 0.264. The van der Waals surface area contributed by atoms with E-state index < -0.39 is 10.0 Å². The van der Waals surface area contributed by atoms with Crippen molar-refractivity contribution < 1.29 is 13.2 Å². The molecular weight excluding hydrogens is 356 g/mol. The second kappa shape index (κ2) is 5.67. The van der Waals surface area contributed by atoms with Crippen molar-refractivity contribution in [2.45, 2.75) is 11.7 Å². The summed E-state index contributed by atoms with van der Waals surface area (Å²) >= 11 is 4.81. The molecule has 2 N–H and O–H groups in total. The molecule has 0 aromatic carbocycles. The van der Waals surface area contributed by atoms with Gasteiger partial charge in [-0.15, -0.1) is 21.5 Å². The van der Waals surface area contributed by atoms with Gasteiger partial charge in [-0.25, -0.2) is 13.6 Å². The molecule has 0 bridgehead atoms. The van der Waals surface area contributed by atoms with Gasteiger partial charge in [0, 0.05) is 11.6 Å². The summed E-state index contributed by atoms with van der Waals surface area (Å²) in [5.74, 6) is 0.447. The average molecular weight is 367 g/mol. The summed E-state index contributed by atoms with van der Waals surface area (Å²) in [6, 6.07) is 1.85. The van der Waals surface area contributed by atoms with E-state index in [2.05, 4.69) is 26.1 Å². The molecule has 7 nitrogen and oxygen atoms in total. The first-order valence-corrected chi connectivity index (χ1v) is 8.35. The number of primary sulfonamides is 1. The van der Waals surface area contributed by atoms with Crippen LogP contribution in [0.1, 0.15) is 0 Å². The van der Waals surface area contributed by atoms with E-state index in [-0.39, 0.29) is 5.16 Å². The Bertz CT molecular complexity index is 679. The lowest BCUT2D eigenvalue weighted by Crippen LogP contribution is -2.20. The van der Waals surface area contributed by atoms with Crippen molar-refractivity contribution in [2.75, 3.05) is 13.7 Å². The molecule has 2 aromatic heterocycles. The summed E-state index contributed by atoms with van der Waals surface area (Å²) in [4.78, 5) is 0.790. The zero-order valence-electron chi connectivity index (χ0n) is 9.91. The summed E-state index contributed by atoms with van der Waals surface area (Å²) in [5, 5.41) is 14.3. The van der Waals surface area contributed by atoms with Crippen molar-refractivity contribution in [3.63, 3.8) is 0 Å². The van der Waals surface area contributed by atoms with Gasteiger partial charge in [-0.05, 0) is 27.4 Å². The predicted molar refractivity (Wildman–Crippen MR) is 74.3 cm³/mol. The lowest BCUT2D eigenvalue weighted by atomic mass is 10.4. The van der Waals surface area contributed by atoms with E-state index in [0.29, 0.717) is 19.0 Å². The number of nitrogens with two attached hydrogens (primary N) is 1. The van der Waals surface area contributed by atoms with Gasteiger partial charge >= 0.3 is 0 Å². The Morgan fingerprint density at radius 2 is 2.26 bits per heavy atom. The molecule has 2 heterocycles. The number of hydrogen-bond donors (Lipinski definition) is 1. The molecule has 0 aliphatic rings. The van der Waals surface area contributed by atoms with E-state index in [1.54, 1.807) is 0 Å². The Morgan fingerprint density at radius 1 is 1.53 bits per heavy atom. The molecule has 104 valence electrons. The number of nitrogens with zero attached hydrogens (tertiary/aromatic N) is 3. The van der Waals surface area contributed by atoms with Gasteiger partial charge in [0.2, 0.25) is 0 Å². The first kappa shape index (κ1) is 14.6. The van der Waals surface area contributed by atoms with Crippen LogP contribution in [0.15, 0.2) is 21.1 Å². The van der Waals surface area contributed by atoms with Gasteiger partial charge in [0.05, 0.1) is 18.0 Å². The molecule has 0 saturated heterocycles. The third-order valence-corrected chi connectivity index (χ3v) is 4.96. The van der Waals surface area contributed by atoms with Crippen LogP contribution >= 0.6 is 27.3 Å². The molecule has 0 radical (unpaired) electrons. The normalized spacial score (nSPS) is 11.9. The van der Waals surface area contributed by atoms with E-state index in [0.717, 1.165) is 9.35 Å². The fraction of sp³-hybridized carbons (Fsp3) is 0.333. The lowest BCUT2D eigenvalue weighted by Gasteiger charge is -2.07. The Morgan fingerprint density at radius 3 is 2.79 bits per heavy atom. The number of sulfonamides is 1. The van der Waals surface area contributed by atoms with Crippen LogP contribution in [0.3, 0.4) is 0 Å². The number of halogens is 1. The molecule has 0 saturated carbocycles. The third kappa shape index (κ3) is 3.03. The second-order valence-electron chi connectivity index (χ2n) is 3.59. The Kier molecular flexibility index (Phi) is 4.36. The predicted octanol–water partition coefficient (Wildman–Crippen LogP) is 1.06. The smallest absolute Gasteiger partial charge is 0.273 e. The maximum Gasteiger partial charge on any atom is 0.273 e. The number of methoxy groups -OCH3 is 1. The van der Waals surface area contributed by atoms with Gasteiger partial charge in [-0.2, -0.15) is 0 Å². The third-order valence-electron chi connectivity index (χ3n) is 2.31. The summed E-state index contributed by atoms with van der Waals surface area (Å²) < 4.78 is 30.2. The van der Waals surface area contributed by atoms with Crippen LogP contribution in [0.2, 0.25) is 0 Å². The van der Waals surface area contributed by atoms with Crippen LogP contribution in [0.25, 0.3) is 10.7 Å². The molecule has 10 heteroatoms. The Hall–Kier alpha value is -0.810.